The lowest BCUT2D eigenvalue weighted by molar-refractivity contribution is -0.152. The van der Waals surface area contributed by atoms with Crippen molar-refractivity contribution >= 4 is 17.5 Å². The van der Waals surface area contributed by atoms with E-state index in [1.165, 1.54) is 0 Å². The first-order chi connectivity index (χ1) is 9.38. The number of carbonyl (C=O) groups is 1. The van der Waals surface area contributed by atoms with Crippen LogP contribution in [-0.2, 0) is 9.53 Å². The average molecular weight is 298 g/mol. The summed E-state index contributed by atoms with van der Waals surface area (Å²) in [7, 11) is 0. The van der Waals surface area contributed by atoms with Crippen molar-refractivity contribution in [2.45, 2.75) is 32.5 Å². The van der Waals surface area contributed by atoms with Crippen molar-refractivity contribution in [1.82, 2.24) is 4.90 Å². The first-order valence-electron chi connectivity index (χ1n) is 6.74. The van der Waals surface area contributed by atoms with Crippen molar-refractivity contribution in [2.24, 2.45) is 0 Å². The maximum absolute atomic E-state index is 12.6. The molecular weight excluding hydrogens is 278 g/mol. The fraction of sp³-hybridized carbons (Fsp3) is 0.533. The smallest absolute Gasteiger partial charge is 0.266 e. The Balaban J connectivity index is 2.04. The lowest BCUT2D eigenvalue weighted by Crippen LogP contribution is -2.54. The van der Waals surface area contributed by atoms with Crippen LogP contribution in [0.5, 0.6) is 5.75 Å². The molecule has 2 rings (SSSR count). The van der Waals surface area contributed by atoms with Crippen LogP contribution in [0, 0.1) is 0 Å². The molecule has 0 saturated carbocycles. The predicted octanol–water partition coefficient (Wildman–Crippen LogP) is 2.74. The van der Waals surface area contributed by atoms with E-state index < -0.39 is 5.60 Å². The Kier molecular flexibility index (Phi) is 4.55. The zero-order valence-electron chi connectivity index (χ0n) is 12.1. The molecule has 0 N–H and O–H groups in total. The van der Waals surface area contributed by atoms with E-state index in [1.807, 2.05) is 6.92 Å². The highest BCUT2D eigenvalue weighted by atomic mass is 35.5. The number of ether oxygens (including phenoxy) is 2. The Hall–Kier alpha value is -1.26. The van der Waals surface area contributed by atoms with Gasteiger partial charge < -0.3 is 14.4 Å². The van der Waals surface area contributed by atoms with E-state index >= 15 is 0 Å². The Morgan fingerprint density at radius 1 is 1.40 bits per heavy atom. The molecule has 0 aliphatic carbocycles. The van der Waals surface area contributed by atoms with Gasteiger partial charge >= 0.3 is 0 Å². The molecule has 1 amide bonds. The minimum Gasteiger partial charge on any atom is -0.478 e. The van der Waals surface area contributed by atoms with Gasteiger partial charge in [0.25, 0.3) is 5.91 Å². The van der Waals surface area contributed by atoms with E-state index in [0.717, 1.165) is 0 Å². The monoisotopic (exact) mass is 297 g/mol. The number of hydrogen-bond donors (Lipinski definition) is 0. The average Bonchev–Trinajstić information content (AvgIpc) is 2.40. The molecule has 0 bridgehead atoms. The number of benzene rings is 1. The summed E-state index contributed by atoms with van der Waals surface area (Å²) in [6.45, 7) is 7.31. The van der Waals surface area contributed by atoms with Crippen LogP contribution in [0.15, 0.2) is 24.3 Å². The lowest BCUT2D eigenvalue weighted by atomic mass is 10.1. The topological polar surface area (TPSA) is 38.8 Å². The van der Waals surface area contributed by atoms with Crippen LogP contribution < -0.4 is 4.74 Å². The first kappa shape index (κ1) is 15.1. The van der Waals surface area contributed by atoms with Gasteiger partial charge in [0.2, 0.25) is 0 Å². The molecule has 1 aromatic carbocycles. The first-order valence-corrected chi connectivity index (χ1v) is 7.12. The Labute approximate surface area is 124 Å². The molecule has 0 spiro atoms. The van der Waals surface area contributed by atoms with Gasteiger partial charge in [0.15, 0.2) is 5.60 Å². The number of rotatable bonds is 3. The van der Waals surface area contributed by atoms with E-state index in [1.54, 1.807) is 43.0 Å². The zero-order valence-corrected chi connectivity index (χ0v) is 12.8. The lowest BCUT2D eigenvalue weighted by Gasteiger charge is -2.36. The van der Waals surface area contributed by atoms with E-state index in [9.17, 15) is 4.79 Å². The maximum atomic E-state index is 12.6. The van der Waals surface area contributed by atoms with Gasteiger partial charge in [-0.15, -0.1) is 0 Å². The third-order valence-electron chi connectivity index (χ3n) is 3.23. The van der Waals surface area contributed by atoms with Crippen molar-refractivity contribution in [3.8, 4) is 5.75 Å². The van der Waals surface area contributed by atoms with Crippen LogP contribution >= 0.6 is 11.6 Å². The van der Waals surface area contributed by atoms with Gasteiger partial charge in [-0.3, -0.25) is 4.79 Å². The van der Waals surface area contributed by atoms with Gasteiger partial charge in [0.05, 0.1) is 12.7 Å². The summed E-state index contributed by atoms with van der Waals surface area (Å²) in [6.07, 6.45) is 0.0685. The van der Waals surface area contributed by atoms with Gasteiger partial charge in [-0.25, -0.2) is 0 Å². The van der Waals surface area contributed by atoms with Crippen LogP contribution in [0.25, 0.3) is 0 Å². The summed E-state index contributed by atoms with van der Waals surface area (Å²) < 4.78 is 11.3. The van der Waals surface area contributed by atoms with Crippen LogP contribution in [-0.4, -0.2) is 42.2 Å². The van der Waals surface area contributed by atoms with Gasteiger partial charge in [-0.1, -0.05) is 11.6 Å². The molecule has 1 aliphatic heterocycles. The van der Waals surface area contributed by atoms with E-state index in [0.29, 0.717) is 30.5 Å². The molecule has 0 aromatic heterocycles. The highest BCUT2D eigenvalue weighted by Gasteiger charge is 2.36. The number of halogens is 1. The summed E-state index contributed by atoms with van der Waals surface area (Å²) in [4.78, 5) is 14.4. The maximum Gasteiger partial charge on any atom is 0.266 e. The fourth-order valence-electron chi connectivity index (χ4n) is 2.22. The van der Waals surface area contributed by atoms with E-state index in [4.69, 9.17) is 21.1 Å². The molecule has 1 atom stereocenters. The van der Waals surface area contributed by atoms with Gasteiger partial charge in [0.1, 0.15) is 5.75 Å². The van der Waals surface area contributed by atoms with Crippen molar-refractivity contribution in [2.75, 3.05) is 19.7 Å². The Bertz CT molecular complexity index is 473. The van der Waals surface area contributed by atoms with Gasteiger partial charge in [-0.05, 0) is 45.0 Å². The summed E-state index contributed by atoms with van der Waals surface area (Å²) in [5, 5.41) is 0.642. The van der Waals surface area contributed by atoms with Crippen molar-refractivity contribution in [3.63, 3.8) is 0 Å². The highest BCUT2D eigenvalue weighted by molar-refractivity contribution is 6.30. The Morgan fingerprint density at radius 2 is 2.05 bits per heavy atom. The fourth-order valence-corrected chi connectivity index (χ4v) is 2.35. The number of nitrogens with zero attached hydrogens (tertiary/aromatic N) is 1. The molecule has 5 heteroatoms. The van der Waals surface area contributed by atoms with Crippen LogP contribution in [0.2, 0.25) is 5.02 Å². The van der Waals surface area contributed by atoms with Crippen molar-refractivity contribution in [3.05, 3.63) is 29.3 Å². The minimum absolute atomic E-state index is 0.0254. The number of hydrogen-bond acceptors (Lipinski definition) is 3. The molecule has 4 nitrogen and oxygen atoms in total. The molecule has 0 radical (unpaired) electrons. The summed E-state index contributed by atoms with van der Waals surface area (Å²) in [6, 6.07) is 7.01. The molecule has 110 valence electrons. The van der Waals surface area contributed by atoms with Crippen molar-refractivity contribution < 1.29 is 14.3 Å². The van der Waals surface area contributed by atoms with Gasteiger partial charge in [-0.2, -0.15) is 0 Å². The second-order valence-corrected chi connectivity index (χ2v) is 5.94. The minimum atomic E-state index is -0.912. The Morgan fingerprint density at radius 3 is 2.65 bits per heavy atom. The molecule has 1 aromatic rings. The molecule has 1 fully saturated rings. The zero-order chi connectivity index (χ0) is 14.8. The molecule has 1 heterocycles. The number of amides is 1. The molecule has 20 heavy (non-hydrogen) atoms. The quantitative estimate of drug-likeness (QED) is 0.861. The van der Waals surface area contributed by atoms with Crippen LogP contribution in [0.4, 0.5) is 0 Å². The molecule has 1 saturated heterocycles. The normalized spacial score (nSPS) is 19.8. The number of carbonyl (C=O) groups excluding carboxylic acids is 1. The van der Waals surface area contributed by atoms with Crippen LogP contribution in [0.1, 0.15) is 20.8 Å². The summed E-state index contributed by atoms with van der Waals surface area (Å²) in [5.74, 6) is 0.608. The molecular formula is C15H20ClNO3. The second kappa shape index (κ2) is 6.02. The van der Waals surface area contributed by atoms with E-state index in [-0.39, 0.29) is 12.0 Å². The van der Waals surface area contributed by atoms with Crippen molar-refractivity contribution in [1.29, 1.82) is 0 Å². The predicted molar refractivity (Wildman–Crippen MR) is 78.2 cm³/mol. The summed E-state index contributed by atoms with van der Waals surface area (Å²) in [5.41, 5.74) is -0.912. The largest absolute Gasteiger partial charge is 0.478 e. The SMILES string of the molecule is CC1CN(C(=O)C(C)(C)Oc2ccc(Cl)cc2)CCO1. The third kappa shape index (κ3) is 3.64. The van der Waals surface area contributed by atoms with E-state index in [2.05, 4.69) is 0 Å². The second-order valence-electron chi connectivity index (χ2n) is 5.50. The summed E-state index contributed by atoms with van der Waals surface area (Å²) >= 11 is 5.84. The third-order valence-corrected chi connectivity index (χ3v) is 3.48. The van der Waals surface area contributed by atoms with Crippen LogP contribution in [0.3, 0.4) is 0 Å². The standard InChI is InChI=1S/C15H20ClNO3/c1-11-10-17(8-9-19-11)14(18)15(2,3)20-13-6-4-12(16)5-7-13/h4-7,11H,8-10H2,1-3H3. The molecule has 1 unspecified atom stereocenters. The highest BCUT2D eigenvalue weighted by Crippen LogP contribution is 2.23. The number of morpholine rings is 1. The molecule has 1 aliphatic rings. The van der Waals surface area contributed by atoms with Gasteiger partial charge in [0, 0.05) is 18.1 Å².